The van der Waals surface area contributed by atoms with Crippen LogP contribution >= 0.6 is 0 Å². The van der Waals surface area contributed by atoms with Crippen molar-refractivity contribution in [3.63, 3.8) is 0 Å². The van der Waals surface area contributed by atoms with Crippen LogP contribution in [0.15, 0.2) is 109 Å². The molecule has 7 nitrogen and oxygen atoms in total. The van der Waals surface area contributed by atoms with E-state index in [1.165, 1.54) is 17.7 Å². The maximum Gasteiger partial charge on any atom is 0.249 e. The van der Waals surface area contributed by atoms with Crippen molar-refractivity contribution < 1.29 is 23.5 Å². The van der Waals surface area contributed by atoms with E-state index in [2.05, 4.69) is 39.8 Å². The van der Waals surface area contributed by atoms with Crippen LogP contribution in [-0.4, -0.2) is 49.0 Å². The third kappa shape index (κ3) is 9.76. The van der Waals surface area contributed by atoms with Gasteiger partial charge in [0, 0.05) is 5.69 Å². The van der Waals surface area contributed by atoms with Crippen LogP contribution in [0.4, 0.5) is 10.1 Å². The fraction of sp³-hybridized carbons (Fsp3) is 0.278. The quantitative estimate of drug-likeness (QED) is 0.192. The lowest BCUT2D eigenvalue weighted by molar-refractivity contribution is -0.128. The van der Waals surface area contributed by atoms with E-state index in [0.717, 1.165) is 37.9 Å². The molecule has 1 atom stereocenters. The Kier molecular flexibility index (Phi) is 11.1. The first kappa shape index (κ1) is 30.9. The SMILES string of the molecule is O=C(CN1CCC(Cc2ccccc2)CC1)N[C@@H](COCc1ccccc1)C(=O)Nc1ccc(Oc2ccc(F)cc2)cc1. The first-order valence-electron chi connectivity index (χ1n) is 15.0. The smallest absolute Gasteiger partial charge is 0.249 e. The zero-order valence-corrected chi connectivity index (χ0v) is 24.7. The molecule has 1 aliphatic heterocycles. The van der Waals surface area contributed by atoms with Crippen LogP contribution < -0.4 is 15.4 Å². The minimum Gasteiger partial charge on any atom is -0.457 e. The molecule has 2 amide bonds. The van der Waals surface area contributed by atoms with Crippen LogP contribution in [-0.2, 0) is 27.4 Å². The maximum absolute atomic E-state index is 13.3. The number of halogens is 1. The number of rotatable bonds is 13. The Balaban J connectivity index is 1.14. The van der Waals surface area contributed by atoms with Crippen molar-refractivity contribution in [1.29, 1.82) is 0 Å². The zero-order valence-electron chi connectivity index (χ0n) is 24.7. The maximum atomic E-state index is 13.3. The molecule has 4 aromatic carbocycles. The van der Waals surface area contributed by atoms with E-state index in [1.54, 1.807) is 36.4 Å². The van der Waals surface area contributed by atoms with Crippen LogP contribution in [0.3, 0.4) is 0 Å². The van der Waals surface area contributed by atoms with E-state index in [-0.39, 0.29) is 30.8 Å². The molecular formula is C36H38FN3O4. The van der Waals surface area contributed by atoms with Gasteiger partial charge in [0.15, 0.2) is 0 Å². The number of hydrogen-bond acceptors (Lipinski definition) is 5. The van der Waals surface area contributed by atoms with Crippen molar-refractivity contribution in [3.05, 3.63) is 126 Å². The number of ether oxygens (including phenoxy) is 2. The number of nitrogens with one attached hydrogen (secondary N) is 2. The van der Waals surface area contributed by atoms with E-state index in [0.29, 0.717) is 29.7 Å². The number of anilines is 1. The fourth-order valence-corrected chi connectivity index (χ4v) is 5.27. The van der Waals surface area contributed by atoms with E-state index >= 15 is 0 Å². The molecule has 1 saturated heterocycles. The van der Waals surface area contributed by atoms with E-state index in [4.69, 9.17) is 9.47 Å². The predicted octanol–water partition coefficient (Wildman–Crippen LogP) is 6.21. The number of likely N-dealkylation sites (tertiary alicyclic amines) is 1. The molecule has 0 aromatic heterocycles. The van der Waals surface area contributed by atoms with Gasteiger partial charge in [-0.3, -0.25) is 14.5 Å². The summed E-state index contributed by atoms with van der Waals surface area (Å²) in [6, 6.07) is 31.9. The molecule has 0 bridgehead atoms. The van der Waals surface area contributed by atoms with Crippen LogP contribution in [0.5, 0.6) is 11.5 Å². The summed E-state index contributed by atoms with van der Waals surface area (Å²) in [5, 5.41) is 5.77. The van der Waals surface area contributed by atoms with Gasteiger partial charge in [-0.05, 0) is 97.9 Å². The van der Waals surface area contributed by atoms with E-state index in [1.807, 2.05) is 36.4 Å². The highest BCUT2D eigenvalue weighted by molar-refractivity contribution is 5.97. The first-order valence-corrected chi connectivity index (χ1v) is 15.0. The Bertz CT molecular complexity index is 1460. The van der Waals surface area contributed by atoms with Gasteiger partial charge in [-0.2, -0.15) is 0 Å². The highest BCUT2D eigenvalue weighted by atomic mass is 19.1. The normalized spacial score (nSPS) is 14.5. The van der Waals surface area contributed by atoms with Crippen LogP contribution in [0.1, 0.15) is 24.0 Å². The summed E-state index contributed by atoms with van der Waals surface area (Å²) in [6.07, 6.45) is 3.13. The molecule has 1 aliphatic rings. The average molecular weight is 596 g/mol. The van der Waals surface area contributed by atoms with Crippen molar-refractivity contribution in [2.75, 3.05) is 31.6 Å². The molecule has 1 heterocycles. The van der Waals surface area contributed by atoms with Crippen molar-refractivity contribution in [2.45, 2.75) is 31.9 Å². The lowest BCUT2D eigenvalue weighted by Crippen LogP contribution is -2.50. The van der Waals surface area contributed by atoms with Crippen LogP contribution in [0.25, 0.3) is 0 Å². The molecule has 8 heteroatoms. The molecule has 1 fully saturated rings. The molecule has 44 heavy (non-hydrogen) atoms. The molecule has 5 rings (SSSR count). The van der Waals surface area contributed by atoms with Crippen molar-refractivity contribution >= 4 is 17.5 Å². The highest BCUT2D eigenvalue weighted by Gasteiger charge is 2.25. The number of carbonyl (C=O) groups excluding carboxylic acids is 2. The van der Waals surface area contributed by atoms with Gasteiger partial charge < -0.3 is 20.1 Å². The summed E-state index contributed by atoms with van der Waals surface area (Å²) in [6.45, 7) is 2.27. The third-order valence-electron chi connectivity index (χ3n) is 7.66. The molecular weight excluding hydrogens is 557 g/mol. The van der Waals surface area contributed by atoms with E-state index < -0.39 is 6.04 Å². The van der Waals surface area contributed by atoms with E-state index in [9.17, 15) is 14.0 Å². The largest absolute Gasteiger partial charge is 0.457 e. The van der Waals surface area contributed by atoms with Gasteiger partial charge in [0.05, 0.1) is 19.8 Å². The first-order chi connectivity index (χ1) is 21.5. The Morgan fingerprint density at radius 1 is 0.795 bits per heavy atom. The van der Waals surface area contributed by atoms with Crippen LogP contribution in [0.2, 0.25) is 0 Å². The second-order valence-corrected chi connectivity index (χ2v) is 11.1. The number of hydrogen-bond donors (Lipinski definition) is 2. The van der Waals surface area contributed by atoms with Gasteiger partial charge >= 0.3 is 0 Å². The number of amides is 2. The summed E-state index contributed by atoms with van der Waals surface area (Å²) in [7, 11) is 0. The summed E-state index contributed by atoms with van der Waals surface area (Å²) < 4.78 is 24.8. The Labute approximate surface area is 258 Å². The Morgan fingerprint density at radius 2 is 1.39 bits per heavy atom. The Hall–Kier alpha value is -4.53. The monoisotopic (exact) mass is 595 g/mol. The molecule has 0 radical (unpaired) electrons. The third-order valence-corrected chi connectivity index (χ3v) is 7.66. The Morgan fingerprint density at radius 3 is 2.02 bits per heavy atom. The van der Waals surface area contributed by atoms with Crippen molar-refractivity contribution in [1.82, 2.24) is 10.2 Å². The van der Waals surface area contributed by atoms with Crippen LogP contribution in [0, 0.1) is 11.7 Å². The van der Waals surface area contributed by atoms with Crippen molar-refractivity contribution in [3.8, 4) is 11.5 Å². The number of nitrogens with zero attached hydrogens (tertiary/aromatic N) is 1. The van der Waals surface area contributed by atoms with Gasteiger partial charge in [-0.25, -0.2) is 4.39 Å². The topological polar surface area (TPSA) is 79.9 Å². The molecule has 0 aliphatic carbocycles. The standard InChI is InChI=1S/C36H38FN3O4/c37-30-11-15-32(16-12-30)44-33-17-13-31(14-18-33)38-36(42)34(26-43-25-29-9-5-2-6-10-29)39-35(41)24-40-21-19-28(20-22-40)23-27-7-3-1-4-8-27/h1-18,28,34H,19-26H2,(H,38,42)(H,39,41)/t34-/m0/s1. The lowest BCUT2D eigenvalue weighted by atomic mass is 9.90. The molecule has 0 saturated carbocycles. The molecule has 4 aromatic rings. The molecule has 2 N–H and O–H groups in total. The molecule has 228 valence electrons. The summed E-state index contributed by atoms with van der Waals surface area (Å²) in [5.41, 5.74) is 2.88. The minimum atomic E-state index is -0.878. The second-order valence-electron chi connectivity index (χ2n) is 11.1. The number of benzene rings is 4. The van der Waals surface area contributed by atoms with Gasteiger partial charge in [0.2, 0.25) is 11.8 Å². The minimum absolute atomic E-state index is 0.0252. The predicted molar refractivity (Wildman–Crippen MR) is 169 cm³/mol. The number of carbonyl (C=O) groups is 2. The summed E-state index contributed by atoms with van der Waals surface area (Å²) >= 11 is 0. The summed E-state index contributed by atoms with van der Waals surface area (Å²) in [5.74, 6) is 0.723. The highest BCUT2D eigenvalue weighted by Crippen LogP contribution is 2.24. The van der Waals surface area contributed by atoms with Gasteiger partial charge in [-0.15, -0.1) is 0 Å². The number of piperidine rings is 1. The molecule has 0 spiro atoms. The van der Waals surface area contributed by atoms with Crippen molar-refractivity contribution in [2.24, 2.45) is 5.92 Å². The van der Waals surface area contributed by atoms with Gasteiger partial charge in [0.25, 0.3) is 0 Å². The van der Waals surface area contributed by atoms with Gasteiger partial charge in [-0.1, -0.05) is 60.7 Å². The zero-order chi connectivity index (χ0) is 30.6. The fourth-order valence-electron chi connectivity index (χ4n) is 5.27. The lowest BCUT2D eigenvalue weighted by Gasteiger charge is -2.32. The average Bonchev–Trinajstić information content (AvgIpc) is 3.04. The van der Waals surface area contributed by atoms with Gasteiger partial charge in [0.1, 0.15) is 23.4 Å². The summed E-state index contributed by atoms with van der Waals surface area (Å²) in [4.78, 5) is 28.6. The molecule has 0 unspecified atom stereocenters. The second kappa shape index (κ2) is 15.8.